The van der Waals surface area contributed by atoms with Gasteiger partial charge in [-0.05, 0) is 66.4 Å². The minimum Gasteiger partial charge on any atom is -0.344 e. The van der Waals surface area contributed by atoms with Crippen LogP contribution in [-0.4, -0.2) is 9.13 Å². The molecule has 0 saturated carbocycles. The minimum atomic E-state index is 1.23. The highest BCUT2D eigenvalue weighted by atomic mass is 15.0. The van der Waals surface area contributed by atoms with Gasteiger partial charge in [-0.25, -0.2) is 0 Å². The summed E-state index contributed by atoms with van der Waals surface area (Å²) >= 11 is 0. The summed E-state index contributed by atoms with van der Waals surface area (Å²) in [6.45, 7) is 8.81. The lowest BCUT2D eigenvalue weighted by Gasteiger charge is -2.14. The Balaban J connectivity index is 0.000000146. The molecule has 0 N–H and O–H groups in total. The summed E-state index contributed by atoms with van der Waals surface area (Å²) in [5.41, 5.74) is 15.1. The van der Waals surface area contributed by atoms with Crippen molar-refractivity contribution < 1.29 is 9.13 Å². The van der Waals surface area contributed by atoms with Gasteiger partial charge in [0, 0.05) is 114 Å². The Morgan fingerprint density at radius 1 is 0.411 bits per heavy atom. The molecule has 10 rings (SSSR count). The molecule has 0 aliphatic heterocycles. The zero-order chi connectivity index (χ0) is 38.5. The number of para-hydroxylation sites is 2. The standard InChI is InChI=1S/2C26H23N2/c1-18-10-8-9-15-28(18)26-19(2)23(16-20-11-4-6-13-22(20)26)25-17-21-12-5-7-14-24(21)27(25)3;1-18-10-8-9-15-28(18)24-16-20-11-4-6-13-22(20)26(19(24)2)25-17-21-12-5-7-14-23(21)27(25)3/h2*4-17H,1-3H3/q2*+1. The highest BCUT2D eigenvalue weighted by molar-refractivity contribution is 6.02. The van der Waals surface area contributed by atoms with Gasteiger partial charge in [0.05, 0.1) is 5.39 Å². The molecule has 0 fully saturated rings. The zero-order valence-corrected chi connectivity index (χ0v) is 33.0. The van der Waals surface area contributed by atoms with E-state index in [9.17, 15) is 0 Å². The SMILES string of the molecule is Cc1c(-[n+]2ccccc2C)cc2ccccc2c1-c1cc2ccccc2n1C.Cc1c(-c2cc3ccccc3n2C)cc2ccccc2c1-[n+]1ccccc1C. The number of hydrogen-bond donors (Lipinski definition) is 0. The fourth-order valence-electron chi connectivity index (χ4n) is 8.68. The van der Waals surface area contributed by atoms with Crippen molar-refractivity contribution in [1.82, 2.24) is 9.13 Å². The van der Waals surface area contributed by atoms with E-state index in [1.165, 1.54) is 99.8 Å². The van der Waals surface area contributed by atoms with E-state index in [1.54, 1.807) is 0 Å². The molecule has 0 aliphatic carbocycles. The van der Waals surface area contributed by atoms with Crippen LogP contribution < -0.4 is 9.13 Å². The second kappa shape index (κ2) is 14.1. The van der Waals surface area contributed by atoms with Gasteiger partial charge in [-0.3, -0.25) is 0 Å². The van der Waals surface area contributed by atoms with Crippen LogP contribution in [0.15, 0.2) is 170 Å². The van der Waals surface area contributed by atoms with Gasteiger partial charge in [0.1, 0.15) is 0 Å². The number of rotatable bonds is 4. The van der Waals surface area contributed by atoms with Crippen molar-refractivity contribution in [3.8, 4) is 33.9 Å². The Hall–Kier alpha value is -6.78. The van der Waals surface area contributed by atoms with E-state index >= 15 is 0 Å². The summed E-state index contributed by atoms with van der Waals surface area (Å²) in [5.74, 6) is 0. The van der Waals surface area contributed by atoms with Crippen LogP contribution in [0.25, 0.3) is 77.2 Å². The molecule has 0 atom stereocenters. The highest BCUT2D eigenvalue weighted by Crippen LogP contribution is 2.38. The van der Waals surface area contributed by atoms with Crippen LogP contribution in [0, 0.1) is 27.7 Å². The molecule has 0 saturated heterocycles. The first-order valence-corrected chi connectivity index (χ1v) is 19.4. The number of nitrogens with zero attached hydrogens (tertiary/aromatic N) is 4. The third-order valence-corrected chi connectivity index (χ3v) is 11.6. The molecule has 56 heavy (non-hydrogen) atoms. The molecule has 0 bridgehead atoms. The summed E-state index contributed by atoms with van der Waals surface area (Å²) in [4.78, 5) is 0. The van der Waals surface area contributed by atoms with E-state index in [0.717, 1.165) is 0 Å². The fourth-order valence-corrected chi connectivity index (χ4v) is 8.68. The summed E-state index contributed by atoms with van der Waals surface area (Å²) in [6, 6.07) is 56.5. The molecule has 4 aromatic heterocycles. The highest BCUT2D eigenvalue weighted by Gasteiger charge is 2.24. The predicted octanol–water partition coefficient (Wildman–Crippen LogP) is 11.8. The van der Waals surface area contributed by atoms with Crippen molar-refractivity contribution in [3.63, 3.8) is 0 Å². The monoisotopic (exact) mass is 726 g/mol. The van der Waals surface area contributed by atoms with Crippen LogP contribution in [-0.2, 0) is 14.1 Å². The van der Waals surface area contributed by atoms with Crippen molar-refractivity contribution in [2.45, 2.75) is 27.7 Å². The molecular weight excluding hydrogens is 681 g/mol. The van der Waals surface area contributed by atoms with Crippen molar-refractivity contribution in [2.24, 2.45) is 14.1 Å². The molecule has 4 heteroatoms. The van der Waals surface area contributed by atoms with Gasteiger partial charge in [0.25, 0.3) is 0 Å². The lowest BCUT2D eigenvalue weighted by molar-refractivity contribution is -0.603. The van der Waals surface area contributed by atoms with Crippen LogP contribution in [0.4, 0.5) is 0 Å². The smallest absolute Gasteiger partial charge is 0.222 e. The lowest BCUT2D eigenvalue weighted by atomic mass is 9.95. The summed E-state index contributed by atoms with van der Waals surface area (Å²) in [7, 11) is 4.33. The molecule has 0 spiro atoms. The van der Waals surface area contributed by atoms with E-state index in [-0.39, 0.29) is 0 Å². The first kappa shape index (κ1) is 35.0. The second-order valence-corrected chi connectivity index (χ2v) is 15.0. The quantitative estimate of drug-likeness (QED) is 0.161. The van der Waals surface area contributed by atoms with Crippen molar-refractivity contribution in [3.05, 3.63) is 193 Å². The van der Waals surface area contributed by atoms with Crippen LogP contribution in [0.1, 0.15) is 22.5 Å². The number of hydrogen-bond acceptors (Lipinski definition) is 0. The predicted molar refractivity (Wildman–Crippen MR) is 234 cm³/mol. The van der Waals surface area contributed by atoms with Crippen molar-refractivity contribution in [1.29, 1.82) is 0 Å². The molecule has 4 nitrogen and oxygen atoms in total. The third kappa shape index (κ3) is 5.86. The molecule has 10 aromatic rings. The molecule has 6 aromatic carbocycles. The van der Waals surface area contributed by atoms with Gasteiger partial charge >= 0.3 is 0 Å². The second-order valence-electron chi connectivity index (χ2n) is 15.0. The fraction of sp³-hybridized carbons (Fsp3) is 0.115. The van der Waals surface area contributed by atoms with E-state index in [1.807, 2.05) is 0 Å². The number of pyridine rings is 2. The van der Waals surface area contributed by atoms with Crippen LogP contribution in [0.5, 0.6) is 0 Å². The van der Waals surface area contributed by atoms with E-state index in [4.69, 9.17) is 0 Å². The Labute approximate surface area is 328 Å². The topological polar surface area (TPSA) is 17.6 Å². The van der Waals surface area contributed by atoms with Crippen LogP contribution in [0.2, 0.25) is 0 Å². The van der Waals surface area contributed by atoms with Gasteiger partial charge in [-0.1, -0.05) is 91.0 Å². The average molecular weight is 727 g/mol. The normalized spacial score (nSPS) is 11.4. The van der Waals surface area contributed by atoms with Gasteiger partial charge in [-0.15, -0.1) is 0 Å². The van der Waals surface area contributed by atoms with Gasteiger partial charge < -0.3 is 9.13 Å². The Bertz CT molecular complexity index is 3100. The Kier molecular flexibility index (Phi) is 8.82. The largest absolute Gasteiger partial charge is 0.344 e. The van der Waals surface area contributed by atoms with Crippen molar-refractivity contribution >= 4 is 43.4 Å². The van der Waals surface area contributed by atoms with Gasteiger partial charge in [0.15, 0.2) is 23.8 Å². The average Bonchev–Trinajstić information content (AvgIpc) is 3.74. The van der Waals surface area contributed by atoms with E-state index in [2.05, 4.69) is 230 Å². The number of benzene rings is 6. The number of fused-ring (bicyclic) bond motifs is 4. The van der Waals surface area contributed by atoms with Gasteiger partial charge in [0.2, 0.25) is 11.4 Å². The first-order valence-electron chi connectivity index (χ1n) is 19.4. The maximum atomic E-state index is 2.33. The lowest BCUT2D eigenvalue weighted by Crippen LogP contribution is -2.34. The van der Waals surface area contributed by atoms with Gasteiger partial charge in [-0.2, -0.15) is 9.13 Å². The molecular formula is C52H46N4+2. The summed E-state index contributed by atoms with van der Waals surface area (Å²) in [6.07, 6.45) is 4.31. The number of aryl methyl sites for hydroxylation is 4. The summed E-state index contributed by atoms with van der Waals surface area (Å²) in [5, 5.41) is 7.65. The molecule has 0 amide bonds. The number of aromatic nitrogens is 4. The van der Waals surface area contributed by atoms with Crippen molar-refractivity contribution in [2.75, 3.05) is 0 Å². The maximum Gasteiger partial charge on any atom is 0.222 e. The zero-order valence-electron chi connectivity index (χ0n) is 33.0. The molecule has 0 aliphatic rings. The first-order chi connectivity index (χ1) is 27.3. The molecule has 4 heterocycles. The van der Waals surface area contributed by atoms with E-state index < -0.39 is 0 Å². The Morgan fingerprint density at radius 3 is 1.50 bits per heavy atom. The van der Waals surface area contributed by atoms with E-state index in [0.29, 0.717) is 0 Å². The molecule has 272 valence electrons. The third-order valence-electron chi connectivity index (χ3n) is 11.6. The molecule has 0 radical (unpaired) electrons. The maximum absolute atomic E-state index is 2.33. The Morgan fingerprint density at radius 2 is 0.893 bits per heavy atom. The van der Waals surface area contributed by atoms with Crippen LogP contribution >= 0.6 is 0 Å². The molecule has 0 unspecified atom stereocenters. The van der Waals surface area contributed by atoms with Crippen LogP contribution in [0.3, 0.4) is 0 Å². The summed E-state index contributed by atoms with van der Waals surface area (Å²) < 4.78 is 9.22. The minimum absolute atomic E-state index is 1.23.